The number of benzene rings is 1. The van der Waals surface area contributed by atoms with Crippen molar-refractivity contribution >= 4 is 17.3 Å². The van der Waals surface area contributed by atoms with E-state index in [1.54, 1.807) is 12.1 Å². The van der Waals surface area contributed by atoms with E-state index in [0.29, 0.717) is 17.2 Å². The maximum atomic E-state index is 11.5. The van der Waals surface area contributed by atoms with Gasteiger partial charge in [-0.25, -0.2) is 4.79 Å². The zero-order valence-corrected chi connectivity index (χ0v) is 10.9. The van der Waals surface area contributed by atoms with Crippen molar-refractivity contribution in [3.05, 3.63) is 23.8 Å². The van der Waals surface area contributed by atoms with Crippen LogP contribution in [0.15, 0.2) is 18.2 Å². The van der Waals surface area contributed by atoms with Gasteiger partial charge in [-0.2, -0.15) is 0 Å². The molecular weight excluding hydrogens is 228 g/mol. The maximum Gasteiger partial charge on any atom is 0.340 e. The second kappa shape index (κ2) is 5.29. The molecule has 4 nitrogen and oxygen atoms in total. The van der Waals surface area contributed by atoms with Gasteiger partial charge in [-0.1, -0.05) is 6.92 Å². The summed E-state index contributed by atoms with van der Waals surface area (Å²) < 4.78 is 4.70. The average Bonchev–Trinajstić information content (AvgIpc) is 3.20. The fraction of sp³-hybridized carbons (Fsp3) is 0.500. The number of nitrogens with one attached hydrogen (secondary N) is 1. The average molecular weight is 248 g/mol. The molecule has 4 heteroatoms. The monoisotopic (exact) mass is 248 g/mol. The number of ether oxygens (including phenoxy) is 1. The highest BCUT2D eigenvalue weighted by molar-refractivity contribution is 5.96. The molecular formula is C14H20N2O2. The van der Waals surface area contributed by atoms with E-state index in [1.165, 1.54) is 20.0 Å². The minimum absolute atomic E-state index is 0.397. The number of rotatable bonds is 5. The van der Waals surface area contributed by atoms with Crippen LogP contribution in [0.4, 0.5) is 11.4 Å². The van der Waals surface area contributed by atoms with Crippen molar-refractivity contribution in [2.75, 3.05) is 24.7 Å². The van der Waals surface area contributed by atoms with Crippen molar-refractivity contribution in [2.45, 2.75) is 19.8 Å². The van der Waals surface area contributed by atoms with E-state index in [0.717, 1.165) is 18.2 Å². The number of nitrogen functional groups attached to an aromatic ring is 1. The lowest BCUT2D eigenvalue weighted by Crippen LogP contribution is -2.14. The number of hydrogen-bond donors (Lipinski definition) is 2. The number of nitrogens with two attached hydrogens (primary N) is 1. The van der Waals surface area contributed by atoms with Gasteiger partial charge in [-0.05, 0) is 42.9 Å². The van der Waals surface area contributed by atoms with E-state index >= 15 is 0 Å². The molecule has 0 aliphatic heterocycles. The molecule has 1 aromatic rings. The molecule has 98 valence electrons. The third-order valence-electron chi connectivity index (χ3n) is 3.51. The van der Waals surface area contributed by atoms with Gasteiger partial charge in [0.25, 0.3) is 0 Å². The summed E-state index contributed by atoms with van der Waals surface area (Å²) in [4.78, 5) is 11.5. The lowest BCUT2D eigenvalue weighted by atomic mass is 10.1. The van der Waals surface area contributed by atoms with Gasteiger partial charge in [0, 0.05) is 17.9 Å². The third kappa shape index (κ3) is 2.94. The summed E-state index contributed by atoms with van der Waals surface area (Å²) in [6, 6.07) is 5.37. The van der Waals surface area contributed by atoms with Crippen LogP contribution in [0, 0.1) is 11.8 Å². The SMILES string of the molecule is COC(=O)c1cc(NCC(C)C2CC2)ccc1N. The molecule has 0 amide bonds. The Morgan fingerprint density at radius 3 is 2.89 bits per heavy atom. The van der Waals surface area contributed by atoms with Crippen LogP contribution < -0.4 is 11.1 Å². The van der Waals surface area contributed by atoms with Crippen molar-refractivity contribution in [1.82, 2.24) is 0 Å². The van der Waals surface area contributed by atoms with Gasteiger partial charge in [0.2, 0.25) is 0 Å². The molecule has 0 aromatic heterocycles. The summed E-state index contributed by atoms with van der Waals surface area (Å²) in [6.07, 6.45) is 2.69. The van der Waals surface area contributed by atoms with Gasteiger partial charge < -0.3 is 15.8 Å². The van der Waals surface area contributed by atoms with Crippen molar-refractivity contribution < 1.29 is 9.53 Å². The molecule has 1 atom stereocenters. The van der Waals surface area contributed by atoms with Crippen LogP contribution in [0.25, 0.3) is 0 Å². The maximum absolute atomic E-state index is 11.5. The highest BCUT2D eigenvalue weighted by Gasteiger charge is 2.27. The first-order valence-electron chi connectivity index (χ1n) is 6.33. The quantitative estimate of drug-likeness (QED) is 0.620. The summed E-state index contributed by atoms with van der Waals surface area (Å²) in [6.45, 7) is 3.18. The van der Waals surface area contributed by atoms with Crippen LogP contribution in [0.5, 0.6) is 0 Å². The van der Waals surface area contributed by atoms with Crippen LogP contribution >= 0.6 is 0 Å². The zero-order chi connectivity index (χ0) is 13.1. The van der Waals surface area contributed by atoms with Crippen molar-refractivity contribution in [2.24, 2.45) is 11.8 Å². The summed E-state index contributed by atoms with van der Waals surface area (Å²) in [5, 5.41) is 3.35. The molecule has 0 radical (unpaired) electrons. The van der Waals surface area contributed by atoms with E-state index in [4.69, 9.17) is 10.5 Å². The smallest absolute Gasteiger partial charge is 0.340 e. The first-order chi connectivity index (χ1) is 8.61. The van der Waals surface area contributed by atoms with Crippen LogP contribution in [-0.2, 0) is 4.74 Å². The van der Waals surface area contributed by atoms with E-state index in [2.05, 4.69) is 12.2 Å². The molecule has 1 unspecified atom stereocenters. The Balaban J connectivity index is 2.01. The fourth-order valence-corrected chi connectivity index (χ4v) is 2.06. The molecule has 1 saturated carbocycles. The van der Waals surface area contributed by atoms with Crippen LogP contribution in [0.3, 0.4) is 0 Å². The van der Waals surface area contributed by atoms with Crippen molar-refractivity contribution in [3.8, 4) is 0 Å². The second-order valence-corrected chi connectivity index (χ2v) is 4.99. The summed E-state index contributed by atoms with van der Waals surface area (Å²) >= 11 is 0. The molecule has 1 fully saturated rings. The first kappa shape index (κ1) is 12.7. The predicted molar refractivity (Wildman–Crippen MR) is 72.6 cm³/mol. The lowest BCUT2D eigenvalue weighted by molar-refractivity contribution is 0.0602. The number of carbonyl (C=O) groups excluding carboxylic acids is 1. The summed E-state index contributed by atoms with van der Waals surface area (Å²) in [5.41, 5.74) is 7.53. The van der Waals surface area contributed by atoms with Gasteiger partial charge in [-0.3, -0.25) is 0 Å². The van der Waals surface area contributed by atoms with Gasteiger partial charge in [-0.15, -0.1) is 0 Å². The standard InChI is InChI=1S/C14H20N2O2/c1-9(10-3-4-10)8-16-11-5-6-13(15)12(7-11)14(17)18-2/h5-7,9-10,16H,3-4,8,15H2,1-2H3. The van der Waals surface area contributed by atoms with Crippen LogP contribution in [-0.4, -0.2) is 19.6 Å². The Hall–Kier alpha value is -1.71. The Kier molecular flexibility index (Phi) is 3.75. The number of esters is 1. The van der Waals surface area contributed by atoms with Gasteiger partial charge in [0.15, 0.2) is 0 Å². The second-order valence-electron chi connectivity index (χ2n) is 4.99. The zero-order valence-electron chi connectivity index (χ0n) is 10.9. The highest BCUT2D eigenvalue weighted by atomic mass is 16.5. The van der Waals surface area contributed by atoms with Crippen molar-refractivity contribution in [3.63, 3.8) is 0 Å². The number of hydrogen-bond acceptors (Lipinski definition) is 4. The largest absolute Gasteiger partial charge is 0.465 e. The van der Waals surface area contributed by atoms with Crippen molar-refractivity contribution in [1.29, 1.82) is 0 Å². The molecule has 2 rings (SSSR count). The minimum atomic E-state index is -0.397. The topological polar surface area (TPSA) is 64.3 Å². The fourth-order valence-electron chi connectivity index (χ4n) is 2.06. The summed E-state index contributed by atoms with van der Waals surface area (Å²) in [7, 11) is 1.36. The first-order valence-corrected chi connectivity index (χ1v) is 6.33. The molecule has 0 heterocycles. The molecule has 0 saturated heterocycles. The normalized spacial score (nSPS) is 16.1. The third-order valence-corrected chi connectivity index (χ3v) is 3.51. The van der Waals surface area contributed by atoms with Crippen LogP contribution in [0.1, 0.15) is 30.1 Å². The molecule has 3 N–H and O–H groups in total. The highest BCUT2D eigenvalue weighted by Crippen LogP contribution is 2.36. The molecule has 18 heavy (non-hydrogen) atoms. The lowest BCUT2D eigenvalue weighted by Gasteiger charge is -2.13. The summed E-state index contributed by atoms with van der Waals surface area (Å²) in [5.74, 6) is 1.14. The predicted octanol–water partition coefficient (Wildman–Crippen LogP) is 2.51. The molecule has 1 aliphatic carbocycles. The molecule has 1 aliphatic rings. The van der Waals surface area contributed by atoms with Gasteiger partial charge >= 0.3 is 5.97 Å². The van der Waals surface area contributed by atoms with E-state index in [-0.39, 0.29) is 0 Å². The number of methoxy groups -OCH3 is 1. The Bertz CT molecular complexity index is 441. The van der Waals surface area contributed by atoms with Gasteiger partial charge in [0.05, 0.1) is 12.7 Å². The van der Waals surface area contributed by atoms with E-state index in [1.807, 2.05) is 6.07 Å². The molecule has 0 bridgehead atoms. The van der Waals surface area contributed by atoms with Gasteiger partial charge in [0.1, 0.15) is 0 Å². The Morgan fingerprint density at radius 2 is 2.28 bits per heavy atom. The Morgan fingerprint density at radius 1 is 1.56 bits per heavy atom. The van der Waals surface area contributed by atoms with E-state index in [9.17, 15) is 4.79 Å². The Labute approximate surface area is 108 Å². The number of carbonyl (C=O) groups is 1. The molecule has 0 spiro atoms. The molecule has 1 aromatic carbocycles. The van der Waals surface area contributed by atoms with Crippen LogP contribution in [0.2, 0.25) is 0 Å². The minimum Gasteiger partial charge on any atom is -0.465 e. The number of anilines is 2. The van der Waals surface area contributed by atoms with E-state index < -0.39 is 5.97 Å².